The molecular weight excluding hydrogens is 266 g/mol. The molecule has 0 aliphatic carbocycles. The molecule has 1 rings (SSSR count). The predicted octanol–water partition coefficient (Wildman–Crippen LogP) is 2.78. The van der Waals surface area contributed by atoms with E-state index in [0.29, 0.717) is 6.42 Å². The number of nitro groups is 1. The zero-order valence-electron chi connectivity index (χ0n) is 11.0. The fourth-order valence-electron chi connectivity index (χ4n) is 1.58. The Kier molecular flexibility index (Phi) is 5.64. The van der Waals surface area contributed by atoms with Crippen molar-refractivity contribution in [2.45, 2.75) is 32.6 Å². The summed E-state index contributed by atoms with van der Waals surface area (Å²) in [5, 5.41) is 19.6. The number of carboxylic acids is 1. The van der Waals surface area contributed by atoms with Crippen LogP contribution in [-0.2, 0) is 4.79 Å². The van der Waals surface area contributed by atoms with Gasteiger partial charge in [0.25, 0.3) is 5.69 Å². The Bertz CT molecular complexity index is 526. The van der Waals surface area contributed by atoms with Gasteiger partial charge in [-0.15, -0.1) is 0 Å². The molecule has 0 aromatic heterocycles. The van der Waals surface area contributed by atoms with Gasteiger partial charge in [0.05, 0.1) is 11.0 Å². The van der Waals surface area contributed by atoms with E-state index in [1.54, 1.807) is 0 Å². The minimum atomic E-state index is -1.31. The lowest BCUT2D eigenvalue weighted by Gasteiger charge is -2.07. The number of carbonyl (C=O) groups excluding carboxylic acids is 1. The normalized spacial score (nSPS) is 10.1. The number of nitro benzene ring substituents is 1. The molecule has 7 heteroatoms. The Morgan fingerprint density at radius 2 is 2.05 bits per heavy atom. The fraction of sp³-hybridized carbons (Fsp3) is 0.385. The Balaban J connectivity index is 2.90. The summed E-state index contributed by atoms with van der Waals surface area (Å²) in [5.41, 5.74) is -0.606. The first kappa shape index (κ1) is 15.6. The number of non-ortho nitro benzene ring substituents is 1. The smallest absolute Gasteiger partial charge is 0.339 e. The first-order valence-electron chi connectivity index (χ1n) is 6.18. The summed E-state index contributed by atoms with van der Waals surface area (Å²) in [6.45, 7) is 1.98. The van der Waals surface area contributed by atoms with Crippen LogP contribution in [0.3, 0.4) is 0 Å². The maximum Gasteiger partial charge on any atom is 0.339 e. The molecule has 0 amide bonds. The van der Waals surface area contributed by atoms with Crippen LogP contribution in [0.5, 0.6) is 5.75 Å². The van der Waals surface area contributed by atoms with E-state index in [2.05, 4.69) is 0 Å². The number of unbranched alkanes of at least 4 members (excludes halogenated alkanes) is 2. The quantitative estimate of drug-likeness (QED) is 0.271. The van der Waals surface area contributed by atoms with Crippen molar-refractivity contribution < 1.29 is 24.4 Å². The summed E-state index contributed by atoms with van der Waals surface area (Å²) in [6, 6.07) is 3.05. The number of carbonyl (C=O) groups is 2. The van der Waals surface area contributed by atoms with E-state index in [9.17, 15) is 19.7 Å². The Morgan fingerprint density at radius 3 is 2.60 bits per heavy atom. The van der Waals surface area contributed by atoms with Gasteiger partial charge in [0.15, 0.2) is 5.75 Å². The molecule has 108 valence electrons. The molecule has 1 N–H and O–H groups in total. The summed E-state index contributed by atoms with van der Waals surface area (Å²) in [7, 11) is 0. The molecule has 0 saturated carbocycles. The van der Waals surface area contributed by atoms with Gasteiger partial charge in [0.1, 0.15) is 5.56 Å². The predicted molar refractivity (Wildman–Crippen MR) is 69.8 cm³/mol. The highest BCUT2D eigenvalue weighted by molar-refractivity contribution is 5.92. The van der Waals surface area contributed by atoms with Crippen molar-refractivity contribution in [3.8, 4) is 5.75 Å². The van der Waals surface area contributed by atoms with Gasteiger partial charge in [0, 0.05) is 12.5 Å². The standard InChI is InChI=1S/C13H15NO6/c1-2-3-4-5-12(15)20-11-8-9(14(18)19)6-7-10(11)13(16)17/h6-8H,2-5H2,1H3,(H,16,17). The molecule has 1 aromatic carbocycles. The lowest BCUT2D eigenvalue weighted by atomic mass is 10.1. The zero-order valence-corrected chi connectivity index (χ0v) is 11.0. The summed E-state index contributed by atoms with van der Waals surface area (Å²) in [6.07, 6.45) is 2.57. The molecule has 0 spiro atoms. The molecule has 20 heavy (non-hydrogen) atoms. The summed E-state index contributed by atoms with van der Waals surface area (Å²) < 4.78 is 4.92. The van der Waals surface area contributed by atoms with Crippen molar-refractivity contribution in [3.63, 3.8) is 0 Å². The Morgan fingerprint density at radius 1 is 1.35 bits per heavy atom. The van der Waals surface area contributed by atoms with Gasteiger partial charge >= 0.3 is 11.9 Å². The molecule has 1 aromatic rings. The monoisotopic (exact) mass is 281 g/mol. The van der Waals surface area contributed by atoms with Gasteiger partial charge in [0.2, 0.25) is 0 Å². The molecule has 0 heterocycles. The van der Waals surface area contributed by atoms with Crippen molar-refractivity contribution in [3.05, 3.63) is 33.9 Å². The number of hydrogen-bond acceptors (Lipinski definition) is 5. The van der Waals surface area contributed by atoms with E-state index in [0.717, 1.165) is 31.0 Å². The van der Waals surface area contributed by atoms with Crippen molar-refractivity contribution in [2.24, 2.45) is 0 Å². The van der Waals surface area contributed by atoms with Crippen LogP contribution >= 0.6 is 0 Å². The molecule has 0 unspecified atom stereocenters. The fourth-order valence-corrected chi connectivity index (χ4v) is 1.58. The van der Waals surface area contributed by atoms with Crippen LogP contribution in [0.4, 0.5) is 5.69 Å². The number of benzene rings is 1. The largest absolute Gasteiger partial charge is 0.478 e. The number of nitrogens with zero attached hydrogens (tertiary/aromatic N) is 1. The second-order valence-electron chi connectivity index (χ2n) is 4.17. The Hall–Kier alpha value is -2.44. The number of rotatable bonds is 7. The van der Waals surface area contributed by atoms with E-state index >= 15 is 0 Å². The van der Waals surface area contributed by atoms with Crippen molar-refractivity contribution in [2.75, 3.05) is 0 Å². The number of aromatic carboxylic acids is 1. The maximum absolute atomic E-state index is 11.6. The van der Waals surface area contributed by atoms with Gasteiger partial charge < -0.3 is 9.84 Å². The minimum Gasteiger partial charge on any atom is -0.478 e. The number of esters is 1. The van der Waals surface area contributed by atoms with Gasteiger partial charge in [-0.1, -0.05) is 19.8 Å². The average molecular weight is 281 g/mol. The van der Waals surface area contributed by atoms with E-state index in [-0.39, 0.29) is 23.4 Å². The van der Waals surface area contributed by atoms with Crippen LogP contribution in [0.25, 0.3) is 0 Å². The Labute approximate surface area is 115 Å². The van der Waals surface area contributed by atoms with E-state index in [1.807, 2.05) is 6.92 Å². The van der Waals surface area contributed by atoms with Crippen LogP contribution in [-0.4, -0.2) is 22.0 Å². The van der Waals surface area contributed by atoms with Gasteiger partial charge in [-0.25, -0.2) is 4.79 Å². The molecule has 0 aliphatic heterocycles. The lowest BCUT2D eigenvalue weighted by molar-refractivity contribution is -0.384. The highest BCUT2D eigenvalue weighted by Gasteiger charge is 2.18. The van der Waals surface area contributed by atoms with Crippen molar-refractivity contribution in [1.82, 2.24) is 0 Å². The molecule has 7 nitrogen and oxygen atoms in total. The van der Waals surface area contributed by atoms with Crippen LogP contribution in [0.2, 0.25) is 0 Å². The molecule has 0 bridgehead atoms. The van der Waals surface area contributed by atoms with E-state index in [1.165, 1.54) is 0 Å². The van der Waals surface area contributed by atoms with Gasteiger partial charge in [-0.05, 0) is 12.5 Å². The number of carboxylic acid groups (broad SMARTS) is 1. The second kappa shape index (κ2) is 7.22. The molecule has 0 aliphatic rings. The highest BCUT2D eigenvalue weighted by Crippen LogP contribution is 2.25. The lowest BCUT2D eigenvalue weighted by Crippen LogP contribution is -2.11. The molecule has 0 fully saturated rings. The first-order valence-corrected chi connectivity index (χ1v) is 6.18. The number of hydrogen-bond donors (Lipinski definition) is 1. The summed E-state index contributed by atoms with van der Waals surface area (Å²) in [5.74, 6) is -2.20. The van der Waals surface area contributed by atoms with E-state index in [4.69, 9.17) is 9.84 Å². The third kappa shape index (κ3) is 4.34. The van der Waals surface area contributed by atoms with Gasteiger partial charge in [-0.3, -0.25) is 14.9 Å². The van der Waals surface area contributed by atoms with Crippen LogP contribution in [0, 0.1) is 10.1 Å². The number of ether oxygens (including phenoxy) is 1. The summed E-state index contributed by atoms with van der Waals surface area (Å²) in [4.78, 5) is 32.5. The van der Waals surface area contributed by atoms with Crippen LogP contribution < -0.4 is 4.74 Å². The first-order chi connectivity index (χ1) is 9.45. The molecular formula is C13H15NO6. The second-order valence-corrected chi connectivity index (χ2v) is 4.17. The minimum absolute atomic E-state index is 0.148. The molecule has 0 saturated heterocycles. The molecule has 0 atom stereocenters. The SMILES string of the molecule is CCCCCC(=O)Oc1cc([N+](=O)[O-])ccc1C(=O)O. The topological polar surface area (TPSA) is 107 Å². The van der Waals surface area contributed by atoms with Gasteiger partial charge in [-0.2, -0.15) is 0 Å². The van der Waals surface area contributed by atoms with Crippen molar-refractivity contribution in [1.29, 1.82) is 0 Å². The zero-order chi connectivity index (χ0) is 15.1. The maximum atomic E-state index is 11.6. The third-order valence-electron chi connectivity index (χ3n) is 2.61. The third-order valence-corrected chi connectivity index (χ3v) is 2.61. The summed E-state index contributed by atoms with van der Waals surface area (Å²) >= 11 is 0. The van der Waals surface area contributed by atoms with E-state index < -0.39 is 16.9 Å². The highest BCUT2D eigenvalue weighted by atomic mass is 16.6. The average Bonchev–Trinajstić information content (AvgIpc) is 2.38. The van der Waals surface area contributed by atoms with Crippen molar-refractivity contribution >= 4 is 17.6 Å². The van der Waals surface area contributed by atoms with Crippen LogP contribution in [0.15, 0.2) is 18.2 Å². The molecule has 0 radical (unpaired) electrons. The van der Waals surface area contributed by atoms with Crippen LogP contribution in [0.1, 0.15) is 43.0 Å².